The second-order valence-corrected chi connectivity index (χ2v) is 9.72. The van der Waals surface area contributed by atoms with Crippen LogP contribution in [0.4, 0.5) is 0 Å². The number of hydrogen-bond acceptors (Lipinski definition) is 5. The number of aromatic nitrogens is 3. The molecule has 0 bridgehead atoms. The monoisotopic (exact) mass is 420 g/mol. The molecule has 0 radical (unpaired) electrons. The van der Waals surface area contributed by atoms with Crippen LogP contribution >= 0.6 is 0 Å². The molecule has 2 aromatic heterocycles. The van der Waals surface area contributed by atoms with Crippen molar-refractivity contribution in [2.75, 3.05) is 11.5 Å². The second kappa shape index (κ2) is 7.76. The summed E-state index contributed by atoms with van der Waals surface area (Å²) in [5.41, 5.74) is 1.76. The van der Waals surface area contributed by atoms with E-state index in [4.69, 9.17) is 0 Å². The van der Waals surface area contributed by atoms with Crippen molar-refractivity contribution in [3.05, 3.63) is 77.9 Å². The number of pyridine rings is 1. The van der Waals surface area contributed by atoms with Gasteiger partial charge in [-0.15, -0.1) is 0 Å². The predicted octanol–water partition coefficient (Wildman–Crippen LogP) is 1.97. The third-order valence-corrected chi connectivity index (χ3v) is 6.83. The van der Waals surface area contributed by atoms with Gasteiger partial charge in [0, 0.05) is 35.9 Å². The van der Waals surface area contributed by atoms with Crippen molar-refractivity contribution in [3.63, 3.8) is 0 Å². The van der Waals surface area contributed by atoms with Crippen LogP contribution in [-0.2, 0) is 9.84 Å². The molecule has 3 aromatic rings. The van der Waals surface area contributed by atoms with Gasteiger partial charge in [-0.05, 0) is 49.7 Å². The summed E-state index contributed by atoms with van der Waals surface area (Å²) in [6.07, 6.45) is 7.21. The quantitative estimate of drug-likeness (QED) is 0.654. The Morgan fingerprint density at radius 3 is 2.73 bits per heavy atom. The number of nitrogens with zero attached hydrogens (tertiary/aromatic N) is 3. The SMILES string of the molecule is CC1(NC(=O)c2ccc(-n3cccn3)c(C#Cc3cccnc3)c2)CCS(=O)(=O)C1. The van der Waals surface area contributed by atoms with Crippen molar-refractivity contribution >= 4 is 15.7 Å². The zero-order valence-electron chi connectivity index (χ0n) is 16.4. The number of nitrogens with one attached hydrogen (secondary N) is 1. The zero-order chi connectivity index (χ0) is 21.2. The molecular formula is C22H20N4O3S. The Labute approximate surface area is 175 Å². The van der Waals surface area contributed by atoms with Gasteiger partial charge in [-0.25, -0.2) is 13.1 Å². The fraction of sp³-hybridized carbons (Fsp3) is 0.227. The van der Waals surface area contributed by atoms with E-state index in [9.17, 15) is 13.2 Å². The standard InChI is InChI=1S/C22H20N4O3S/c1-22(9-13-30(28,29)16-22)25-21(27)19-7-8-20(26-12-3-11-24-26)18(14-19)6-5-17-4-2-10-23-15-17/h2-4,7-8,10-12,14-15H,9,13,16H2,1H3,(H,25,27). The molecule has 1 N–H and O–H groups in total. The summed E-state index contributed by atoms with van der Waals surface area (Å²) < 4.78 is 25.3. The summed E-state index contributed by atoms with van der Waals surface area (Å²) in [6, 6.07) is 10.6. The molecule has 1 saturated heterocycles. The first kappa shape index (κ1) is 19.9. The Kier molecular flexibility index (Phi) is 5.14. The van der Waals surface area contributed by atoms with E-state index in [0.29, 0.717) is 17.5 Å². The first-order valence-corrected chi connectivity index (χ1v) is 11.2. The molecule has 1 amide bonds. The molecule has 0 saturated carbocycles. The summed E-state index contributed by atoms with van der Waals surface area (Å²) in [4.78, 5) is 16.9. The van der Waals surface area contributed by atoms with Crippen molar-refractivity contribution in [1.29, 1.82) is 0 Å². The van der Waals surface area contributed by atoms with Crippen LogP contribution in [0.1, 0.15) is 34.8 Å². The van der Waals surface area contributed by atoms with Crippen LogP contribution in [0, 0.1) is 11.8 Å². The number of carbonyl (C=O) groups excluding carboxylic acids is 1. The minimum atomic E-state index is -3.12. The molecule has 1 aliphatic heterocycles. The average Bonchev–Trinajstić information content (AvgIpc) is 3.34. The average molecular weight is 420 g/mol. The number of benzene rings is 1. The Morgan fingerprint density at radius 2 is 2.07 bits per heavy atom. The number of carbonyl (C=O) groups is 1. The molecule has 4 rings (SSSR count). The lowest BCUT2D eigenvalue weighted by atomic mass is 10.0. The van der Waals surface area contributed by atoms with E-state index >= 15 is 0 Å². The Hall–Kier alpha value is -3.44. The molecule has 0 aliphatic carbocycles. The highest BCUT2D eigenvalue weighted by Crippen LogP contribution is 2.24. The third kappa shape index (κ3) is 4.42. The first-order chi connectivity index (χ1) is 14.3. The second-order valence-electron chi connectivity index (χ2n) is 7.53. The summed E-state index contributed by atoms with van der Waals surface area (Å²) >= 11 is 0. The molecule has 1 unspecified atom stereocenters. The molecule has 30 heavy (non-hydrogen) atoms. The molecular weight excluding hydrogens is 400 g/mol. The summed E-state index contributed by atoms with van der Waals surface area (Å²) in [5.74, 6) is 5.87. The van der Waals surface area contributed by atoms with E-state index in [1.54, 1.807) is 66.7 Å². The molecule has 0 spiro atoms. The minimum Gasteiger partial charge on any atom is -0.346 e. The number of hydrogen-bond donors (Lipinski definition) is 1. The van der Waals surface area contributed by atoms with E-state index in [1.165, 1.54) is 0 Å². The summed E-state index contributed by atoms with van der Waals surface area (Å²) in [6.45, 7) is 1.76. The zero-order valence-corrected chi connectivity index (χ0v) is 17.2. The van der Waals surface area contributed by atoms with Crippen LogP contribution in [0.25, 0.3) is 5.69 Å². The van der Waals surface area contributed by atoms with Gasteiger partial charge in [0.1, 0.15) is 0 Å². The molecule has 1 fully saturated rings. The molecule has 152 valence electrons. The maximum Gasteiger partial charge on any atom is 0.251 e. The topological polar surface area (TPSA) is 93.9 Å². The molecule has 7 nitrogen and oxygen atoms in total. The highest BCUT2D eigenvalue weighted by Gasteiger charge is 2.39. The van der Waals surface area contributed by atoms with Gasteiger partial charge in [0.15, 0.2) is 9.84 Å². The van der Waals surface area contributed by atoms with Crippen molar-refractivity contribution in [2.45, 2.75) is 18.9 Å². The predicted molar refractivity (Wildman–Crippen MR) is 113 cm³/mol. The van der Waals surface area contributed by atoms with Crippen LogP contribution in [0.15, 0.2) is 61.2 Å². The Morgan fingerprint density at radius 1 is 1.20 bits per heavy atom. The van der Waals surface area contributed by atoms with Crippen molar-refractivity contribution in [3.8, 4) is 17.5 Å². The van der Waals surface area contributed by atoms with Crippen molar-refractivity contribution in [1.82, 2.24) is 20.1 Å². The summed E-state index contributed by atoms with van der Waals surface area (Å²) in [5, 5.41) is 7.14. The van der Waals surface area contributed by atoms with Gasteiger partial charge in [-0.3, -0.25) is 9.78 Å². The third-order valence-electron chi connectivity index (χ3n) is 4.93. The van der Waals surface area contributed by atoms with Crippen LogP contribution in [0.3, 0.4) is 0 Å². The minimum absolute atomic E-state index is 0.0508. The highest BCUT2D eigenvalue weighted by atomic mass is 32.2. The van der Waals surface area contributed by atoms with Gasteiger partial charge in [-0.1, -0.05) is 11.8 Å². The van der Waals surface area contributed by atoms with E-state index < -0.39 is 15.4 Å². The number of sulfone groups is 1. The normalized spacial score (nSPS) is 19.6. The van der Waals surface area contributed by atoms with Crippen LogP contribution in [0.2, 0.25) is 0 Å². The summed E-state index contributed by atoms with van der Waals surface area (Å²) in [7, 11) is -3.12. The van der Waals surface area contributed by atoms with Gasteiger partial charge >= 0.3 is 0 Å². The van der Waals surface area contributed by atoms with Crippen molar-refractivity contribution in [2.24, 2.45) is 0 Å². The van der Waals surface area contributed by atoms with Gasteiger partial charge < -0.3 is 5.32 Å². The van der Waals surface area contributed by atoms with Crippen LogP contribution in [0.5, 0.6) is 0 Å². The molecule has 1 atom stereocenters. The lowest BCUT2D eigenvalue weighted by Crippen LogP contribution is -2.46. The number of amides is 1. The molecule has 3 heterocycles. The smallest absolute Gasteiger partial charge is 0.251 e. The Balaban J connectivity index is 1.67. The van der Waals surface area contributed by atoms with Gasteiger partial charge in [0.05, 0.1) is 28.3 Å². The van der Waals surface area contributed by atoms with E-state index in [-0.39, 0.29) is 17.4 Å². The van der Waals surface area contributed by atoms with Gasteiger partial charge in [0.25, 0.3) is 5.91 Å². The maximum atomic E-state index is 12.9. The van der Waals surface area contributed by atoms with E-state index in [0.717, 1.165) is 11.3 Å². The fourth-order valence-corrected chi connectivity index (χ4v) is 5.51. The largest absolute Gasteiger partial charge is 0.346 e. The number of rotatable bonds is 3. The molecule has 8 heteroatoms. The van der Waals surface area contributed by atoms with Crippen LogP contribution in [-0.4, -0.2) is 46.1 Å². The van der Waals surface area contributed by atoms with E-state index in [1.807, 2.05) is 6.07 Å². The molecule has 1 aromatic carbocycles. The molecule has 1 aliphatic rings. The van der Waals surface area contributed by atoms with E-state index in [2.05, 4.69) is 27.2 Å². The lowest BCUT2D eigenvalue weighted by Gasteiger charge is -2.24. The van der Waals surface area contributed by atoms with Gasteiger partial charge in [-0.2, -0.15) is 5.10 Å². The van der Waals surface area contributed by atoms with Crippen LogP contribution < -0.4 is 5.32 Å². The maximum absolute atomic E-state index is 12.9. The first-order valence-electron chi connectivity index (χ1n) is 9.43. The Bertz CT molecular complexity index is 1240. The van der Waals surface area contributed by atoms with Crippen molar-refractivity contribution < 1.29 is 13.2 Å². The van der Waals surface area contributed by atoms with Gasteiger partial charge in [0.2, 0.25) is 0 Å². The highest BCUT2D eigenvalue weighted by molar-refractivity contribution is 7.91. The fourth-order valence-electron chi connectivity index (χ4n) is 3.42. The lowest BCUT2D eigenvalue weighted by molar-refractivity contribution is 0.0915.